The Hall–Kier alpha value is -3.49. The minimum absolute atomic E-state index is 0.104. The van der Waals surface area contributed by atoms with Gasteiger partial charge in [0.1, 0.15) is 32.3 Å². The second kappa shape index (κ2) is 12.2. The van der Waals surface area contributed by atoms with Crippen LogP contribution in [0.4, 0.5) is 0 Å². The molecule has 0 bridgehead atoms. The zero-order chi connectivity index (χ0) is 29.1. The number of ether oxygens (including phenoxy) is 2. The number of piperidine rings is 1. The van der Waals surface area contributed by atoms with E-state index in [1.165, 1.54) is 4.90 Å². The molecule has 2 aliphatic rings. The number of nitrogens with zero attached hydrogens (tertiary/aromatic N) is 4. The molecule has 0 spiro atoms. The van der Waals surface area contributed by atoms with Gasteiger partial charge in [0.05, 0.1) is 30.9 Å². The van der Waals surface area contributed by atoms with Gasteiger partial charge >= 0.3 is 0 Å². The minimum Gasteiger partial charge on any atom is -0.486 e. The fourth-order valence-electron chi connectivity index (χ4n) is 5.52. The van der Waals surface area contributed by atoms with Crippen LogP contribution < -0.4 is 9.30 Å². The SMILES string of the molecule is CC[n+]1c(CN2C(=O)c3ccccc3C2=O)n(CCOCCN2CCCCC2=O)c2cc(OCP(C)(C)=O)ccc21. The highest BCUT2D eigenvalue weighted by Crippen LogP contribution is 2.36. The van der Waals surface area contributed by atoms with Gasteiger partial charge in [0.2, 0.25) is 5.91 Å². The number of fused-ring (bicyclic) bond motifs is 2. The first-order valence-corrected chi connectivity index (χ1v) is 17.0. The topological polar surface area (TPSA) is 102 Å². The van der Waals surface area contributed by atoms with Crippen molar-refractivity contribution >= 4 is 35.9 Å². The molecule has 1 aromatic heterocycles. The van der Waals surface area contributed by atoms with Gasteiger partial charge in [0.25, 0.3) is 17.6 Å². The maximum Gasteiger partial charge on any atom is 0.278 e. The highest BCUT2D eigenvalue weighted by Gasteiger charge is 2.38. The molecule has 0 aliphatic carbocycles. The van der Waals surface area contributed by atoms with Crippen LogP contribution in [0.1, 0.15) is 52.7 Å². The molecular weight excluding hydrogens is 543 g/mol. The molecule has 2 aliphatic heterocycles. The lowest BCUT2D eigenvalue weighted by molar-refractivity contribution is -0.677. The molecule has 218 valence electrons. The molecule has 1 saturated heterocycles. The number of likely N-dealkylation sites (tertiary alicyclic amines) is 1. The number of aromatic nitrogens is 2. The minimum atomic E-state index is -2.38. The van der Waals surface area contributed by atoms with Gasteiger partial charge in [0.15, 0.2) is 11.0 Å². The second-order valence-electron chi connectivity index (χ2n) is 11.0. The first kappa shape index (κ1) is 29.0. The Bertz CT molecular complexity index is 1490. The van der Waals surface area contributed by atoms with Gasteiger partial charge in [-0.2, -0.15) is 0 Å². The molecule has 0 N–H and O–H groups in total. The van der Waals surface area contributed by atoms with Gasteiger partial charge < -0.3 is 18.9 Å². The normalized spacial score (nSPS) is 15.7. The molecule has 3 aromatic rings. The molecule has 3 amide bonds. The summed E-state index contributed by atoms with van der Waals surface area (Å²) in [4.78, 5) is 41.7. The van der Waals surface area contributed by atoms with E-state index in [-0.39, 0.29) is 30.6 Å². The van der Waals surface area contributed by atoms with Crippen LogP contribution in [0.15, 0.2) is 42.5 Å². The van der Waals surface area contributed by atoms with E-state index in [9.17, 15) is 18.9 Å². The Morgan fingerprint density at radius 1 is 0.951 bits per heavy atom. The monoisotopic (exact) mass is 581 g/mol. The fourth-order valence-corrected chi connectivity index (χ4v) is 5.98. The molecular formula is C30H38N4O6P+. The average Bonchev–Trinajstić information content (AvgIpc) is 3.38. The molecule has 11 heteroatoms. The lowest BCUT2D eigenvalue weighted by Gasteiger charge is -2.26. The van der Waals surface area contributed by atoms with Crippen LogP contribution in [0.2, 0.25) is 0 Å². The zero-order valence-electron chi connectivity index (χ0n) is 24.0. The van der Waals surface area contributed by atoms with Gasteiger partial charge in [-0.15, -0.1) is 0 Å². The third-order valence-electron chi connectivity index (χ3n) is 7.57. The van der Waals surface area contributed by atoms with E-state index in [1.807, 2.05) is 30.0 Å². The fraction of sp³-hybridized carbons (Fsp3) is 0.467. The number of aryl methyl sites for hydroxylation is 1. The van der Waals surface area contributed by atoms with Crippen LogP contribution in [-0.4, -0.2) is 78.1 Å². The maximum absolute atomic E-state index is 13.2. The molecule has 1 fully saturated rings. The van der Waals surface area contributed by atoms with Gasteiger partial charge in [-0.3, -0.25) is 19.3 Å². The van der Waals surface area contributed by atoms with Crippen molar-refractivity contribution in [2.45, 2.75) is 45.8 Å². The number of rotatable bonds is 12. The number of carbonyl (C=O) groups excluding carboxylic acids is 3. The van der Waals surface area contributed by atoms with Crippen molar-refractivity contribution in [3.8, 4) is 5.75 Å². The van der Waals surface area contributed by atoms with Crippen LogP contribution in [0.5, 0.6) is 5.75 Å². The molecule has 3 heterocycles. The summed E-state index contributed by atoms with van der Waals surface area (Å²) >= 11 is 0. The standard InChI is InChI=1S/C30H38N4O6P/c1-4-32-25-13-12-22(40-21-41(2,3)38)19-26(25)33(16-18-39-17-15-31-14-8-7-11-28(31)35)27(32)20-34-29(36)23-9-5-6-10-24(23)30(34)37/h5-6,9-10,12-13,19H,4,7-8,11,14-18,20-21H2,1-3H3/q+1. The predicted molar refractivity (Wildman–Crippen MR) is 155 cm³/mol. The predicted octanol–water partition coefficient (Wildman–Crippen LogP) is 3.73. The van der Waals surface area contributed by atoms with Crippen LogP contribution in [-0.2, 0) is 33.7 Å². The summed E-state index contributed by atoms with van der Waals surface area (Å²) < 4.78 is 28.3. The van der Waals surface area contributed by atoms with Crippen molar-refractivity contribution in [3.05, 3.63) is 59.4 Å². The smallest absolute Gasteiger partial charge is 0.278 e. The van der Waals surface area contributed by atoms with Crippen molar-refractivity contribution in [1.82, 2.24) is 14.4 Å². The quantitative estimate of drug-likeness (QED) is 0.140. The summed E-state index contributed by atoms with van der Waals surface area (Å²) in [6, 6.07) is 12.6. The van der Waals surface area contributed by atoms with Crippen LogP contribution >= 0.6 is 7.14 Å². The van der Waals surface area contributed by atoms with Crippen LogP contribution in [0.25, 0.3) is 11.0 Å². The molecule has 2 aromatic carbocycles. The highest BCUT2D eigenvalue weighted by atomic mass is 31.2. The number of imidazole rings is 1. The molecule has 0 radical (unpaired) electrons. The van der Waals surface area contributed by atoms with Crippen molar-refractivity contribution in [2.75, 3.05) is 46.0 Å². The summed E-state index contributed by atoms with van der Waals surface area (Å²) in [6.45, 7) is 8.76. The number of benzene rings is 2. The van der Waals surface area contributed by atoms with Crippen molar-refractivity contribution in [2.24, 2.45) is 0 Å². The summed E-state index contributed by atoms with van der Waals surface area (Å²) in [5.74, 6) is 0.955. The number of carbonyl (C=O) groups is 3. The summed E-state index contributed by atoms with van der Waals surface area (Å²) in [6.07, 6.45) is 2.70. The molecule has 41 heavy (non-hydrogen) atoms. The van der Waals surface area contributed by atoms with E-state index in [2.05, 4.69) is 9.13 Å². The number of hydrogen-bond acceptors (Lipinski definition) is 6. The number of hydrogen-bond donors (Lipinski definition) is 0. The lowest BCUT2D eigenvalue weighted by atomic mass is 10.1. The Morgan fingerprint density at radius 3 is 2.32 bits per heavy atom. The summed E-state index contributed by atoms with van der Waals surface area (Å²) in [5, 5.41) is 0. The van der Waals surface area contributed by atoms with E-state index in [0.29, 0.717) is 56.1 Å². The molecule has 5 rings (SSSR count). The third-order valence-corrected chi connectivity index (χ3v) is 8.32. The largest absolute Gasteiger partial charge is 0.486 e. The molecule has 0 saturated carbocycles. The Balaban J connectivity index is 1.42. The zero-order valence-corrected chi connectivity index (χ0v) is 24.9. The van der Waals surface area contributed by atoms with E-state index in [0.717, 1.165) is 36.2 Å². The Kier molecular flexibility index (Phi) is 8.61. The van der Waals surface area contributed by atoms with E-state index in [4.69, 9.17) is 9.47 Å². The molecule has 0 atom stereocenters. The third kappa shape index (κ3) is 6.23. The summed E-state index contributed by atoms with van der Waals surface area (Å²) in [5.41, 5.74) is 2.63. The van der Waals surface area contributed by atoms with Crippen molar-refractivity contribution in [1.29, 1.82) is 0 Å². The van der Waals surface area contributed by atoms with Gasteiger partial charge in [-0.25, -0.2) is 9.13 Å². The van der Waals surface area contributed by atoms with E-state index in [1.54, 1.807) is 37.6 Å². The van der Waals surface area contributed by atoms with Crippen LogP contribution in [0, 0.1) is 0 Å². The first-order chi connectivity index (χ1) is 19.7. The van der Waals surface area contributed by atoms with Gasteiger partial charge in [0, 0.05) is 25.6 Å². The second-order valence-corrected chi connectivity index (χ2v) is 14.4. The lowest BCUT2D eigenvalue weighted by Crippen LogP contribution is -2.42. The highest BCUT2D eigenvalue weighted by molar-refractivity contribution is 7.62. The van der Waals surface area contributed by atoms with Crippen molar-refractivity contribution < 1.29 is 33.0 Å². The number of amides is 3. The average molecular weight is 582 g/mol. The Labute approximate surface area is 240 Å². The maximum atomic E-state index is 13.2. The Morgan fingerprint density at radius 2 is 1.66 bits per heavy atom. The van der Waals surface area contributed by atoms with E-state index >= 15 is 0 Å². The molecule has 10 nitrogen and oxygen atoms in total. The van der Waals surface area contributed by atoms with Crippen molar-refractivity contribution in [3.63, 3.8) is 0 Å². The number of imide groups is 1. The van der Waals surface area contributed by atoms with Crippen LogP contribution in [0.3, 0.4) is 0 Å². The van der Waals surface area contributed by atoms with E-state index < -0.39 is 7.14 Å². The van der Waals surface area contributed by atoms with Gasteiger partial charge in [-0.05, 0) is 57.4 Å². The first-order valence-electron chi connectivity index (χ1n) is 14.2. The summed E-state index contributed by atoms with van der Waals surface area (Å²) in [7, 11) is -2.38. The van der Waals surface area contributed by atoms with Gasteiger partial charge in [-0.1, -0.05) is 12.1 Å². The molecule has 0 unspecified atom stereocenters.